The van der Waals surface area contributed by atoms with Gasteiger partial charge in [0.25, 0.3) is 11.5 Å². The third-order valence-electron chi connectivity index (χ3n) is 5.09. The number of carbonyl (C=O) groups is 1. The zero-order chi connectivity index (χ0) is 18.1. The molecule has 0 aromatic carbocycles. The fourth-order valence-electron chi connectivity index (χ4n) is 3.66. The number of amides is 1. The van der Waals surface area contributed by atoms with Crippen molar-refractivity contribution in [1.82, 2.24) is 9.55 Å². The lowest BCUT2D eigenvalue weighted by Gasteiger charge is -2.14. The van der Waals surface area contributed by atoms with Gasteiger partial charge < -0.3 is 9.30 Å². The third-order valence-corrected chi connectivity index (χ3v) is 6.16. The molecule has 1 saturated heterocycles. The first kappa shape index (κ1) is 17.4. The van der Waals surface area contributed by atoms with Gasteiger partial charge in [0, 0.05) is 17.7 Å². The molecule has 2 aromatic heterocycles. The summed E-state index contributed by atoms with van der Waals surface area (Å²) in [5.41, 5.74) is 1.70. The maximum Gasteiger partial charge on any atom is 0.263 e. The highest BCUT2D eigenvalue weighted by atomic mass is 32.1. The fraction of sp³-hybridized carbons (Fsp3) is 0.526. The van der Waals surface area contributed by atoms with Crippen LogP contribution in [-0.2, 0) is 24.1 Å². The Bertz CT molecular complexity index is 857. The van der Waals surface area contributed by atoms with Crippen molar-refractivity contribution < 1.29 is 9.53 Å². The molecule has 0 saturated carbocycles. The highest BCUT2D eigenvalue weighted by molar-refractivity contribution is 7.15. The molecule has 0 spiro atoms. The Morgan fingerprint density at radius 3 is 3.00 bits per heavy atom. The first-order chi connectivity index (χ1) is 12.6. The molecule has 1 aliphatic heterocycles. The molecular formula is C19H23N3O3S. The third kappa shape index (κ3) is 3.46. The lowest BCUT2D eigenvalue weighted by Crippen LogP contribution is -2.32. The quantitative estimate of drug-likeness (QED) is 0.894. The lowest BCUT2D eigenvalue weighted by atomic mass is 10.0. The summed E-state index contributed by atoms with van der Waals surface area (Å²) in [5, 5.41) is 3.43. The molecule has 2 aliphatic rings. The standard InChI is InChI=1S/C19H23N3O3S/c1-12-8-9-22(11-13-5-4-10-25-13)18(24)16(12)17(23)21-19-20-14-6-2-3-7-15(14)26-19/h8-9,13H,2-7,10-11H2,1H3,(H,20,21,23). The Kier molecular flexibility index (Phi) is 4.91. The second-order valence-electron chi connectivity index (χ2n) is 7.02. The number of rotatable bonds is 4. The van der Waals surface area contributed by atoms with E-state index < -0.39 is 0 Å². The molecule has 4 rings (SSSR count). The summed E-state index contributed by atoms with van der Waals surface area (Å²) in [5.74, 6) is -0.375. The number of hydrogen-bond donors (Lipinski definition) is 1. The Labute approximate surface area is 156 Å². The molecule has 6 nitrogen and oxygen atoms in total. The van der Waals surface area contributed by atoms with Gasteiger partial charge in [-0.2, -0.15) is 0 Å². The first-order valence-electron chi connectivity index (χ1n) is 9.23. The highest BCUT2D eigenvalue weighted by Gasteiger charge is 2.22. The predicted molar refractivity (Wildman–Crippen MR) is 101 cm³/mol. The lowest BCUT2D eigenvalue weighted by molar-refractivity contribution is 0.0952. The fourth-order valence-corrected chi connectivity index (χ4v) is 4.70. The number of ether oxygens (including phenoxy) is 1. The summed E-state index contributed by atoms with van der Waals surface area (Å²) in [6.07, 6.45) is 8.10. The van der Waals surface area contributed by atoms with Gasteiger partial charge in [-0.25, -0.2) is 4.98 Å². The molecule has 1 atom stereocenters. The first-order valence-corrected chi connectivity index (χ1v) is 10.0. The van der Waals surface area contributed by atoms with E-state index in [4.69, 9.17) is 4.74 Å². The molecule has 1 aliphatic carbocycles. The van der Waals surface area contributed by atoms with Crippen molar-refractivity contribution in [3.63, 3.8) is 0 Å². The van der Waals surface area contributed by atoms with E-state index in [1.54, 1.807) is 17.7 Å². The maximum atomic E-state index is 12.8. The van der Waals surface area contributed by atoms with E-state index in [2.05, 4.69) is 10.3 Å². The molecular weight excluding hydrogens is 350 g/mol. The van der Waals surface area contributed by atoms with Crippen LogP contribution in [0.2, 0.25) is 0 Å². The van der Waals surface area contributed by atoms with Crippen molar-refractivity contribution in [3.05, 3.63) is 44.3 Å². The van der Waals surface area contributed by atoms with Crippen LogP contribution in [0, 0.1) is 6.92 Å². The second kappa shape index (κ2) is 7.32. The van der Waals surface area contributed by atoms with E-state index in [0.29, 0.717) is 17.2 Å². The highest BCUT2D eigenvalue weighted by Crippen LogP contribution is 2.29. The number of fused-ring (bicyclic) bond motifs is 1. The number of aryl methyl sites for hydroxylation is 3. The van der Waals surface area contributed by atoms with Gasteiger partial charge in [0.05, 0.1) is 18.3 Å². The van der Waals surface area contributed by atoms with E-state index in [1.165, 1.54) is 22.6 Å². The smallest absolute Gasteiger partial charge is 0.263 e. The van der Waals surface area contributed by atoms with E-state index >= 15 is 0 Å². The molecule has 138 valence electrons. The largest absolute Gasteiger partial charge is 0.376 e. The minimum Gasteiger partial charge on any atom is -0.376 e. The number of anilines is 1. The second-order valence-corrected chi connectivity index (χ2v) is 8.10. The summed E-state index contributed by atoms with van der Waals surface area (Å²) in [4.78, 5) is 31.4. The molecule has 2 aromatic rings. The molecule has 0 bridgehead atoms. The SMILES string of the molecule is Cc1ccn(CC2CCCO2)c(=O)c1C(=O)Nc1nc2c(s1)CCCC2. The Balaban J connectivity index is 1.56. The van der Waals surface area contributed by atoms with Gasteiger partial charge in [-0.1, -0.05) is 0 Å². The normalized spacial score (nSPS) is 19.3. The Morgan fingerprint density at radius 1 is 1.38 bits per heavy atom. The van der Waals surface area contributed by atoms with Gasteiger partial charge in [0.2, 0.25) is 0 Å². The average molecular weight is 373 g/mol. The number of aromatic nitrogens is 2. The van der Waals surface area contributed by atoms with Crippen LogP contribution in [0.3, 0.4) is 0 Å². The van der Waals surface area contributed by atoms with E-state index in [1.807, 2.05) is 6.07 Å². The van der Waals surface area contributed by atoms with Crippen molar-refractivity contribution in [2.75, 3.05) is 11.9 Å². The number of carbonyl (C=O) groups excluding carboxylic acids is 1. The van der Waals surface area contributed by atoms with Crippen LogP contribution in [0.15, 0.2) is 17.1 Å². The van der Waals surface area contributed by atoms with Crippen LogP contribution in [0.25, 0.3) is 0 Å². The summed E-state index contributed by atoms with van der Waals surface area (Å²) >= 11 is 1.53. The summed E-state index contributed by atoms with van der Waals surface area (Å²) < 4.78 is 7.20. The van der Waals surface area contributed by atoms with Crippen LogP contribution in [0.1, 0.15) is 52.2 Å². The zero-order valence-electron chi connectivity index (χ0n) is 14.9. The Morgan fingerprint density at radius 2 is 2.23 bits per heavy atom. The minimum absolute atomic E-state index is 0.0528. The molecule has 1 N–H and O–H groups in total. The number of nitrogens with one attached hydrogen (secondary N) is 1. The molecule has 0 radical (unpaired) electrons. The van der Waals surface area contributed by atoms with Crippen molar-refractivity contribution in [2.24, 2.45) is 0 Å². The van der Waals surface area contributed by atoms with Crippen LogP contribution in [-0.4, -0.2) is 28.2 Å². The maximum absolute atomic E-state index is 12.8. The summed E-state index contributed by atoms with van der Waals surface area (Å²) in [6, 6.07) is 1.82. The molecule has 7 heteroatoms. The number of hydrogen-bond acceptors (Lipinski definition) is 5. The van der Waals surface area contributed by atoms with Gasteiger partial charge in [-0.05, 0) is 57.1 Å². The van der Waals surface area contributed by atoms with Gasteiger partial charge in [-0.3, -0.25) is 14.9 Å². The van der Waals surface area contributed by atoms with E-state index in [0.717, 1.165) is 44.4 Å². The molecule has 1 amide bonds. The molecule has 1 fully saturated rings. The summed E-state index contributed by atoms with van der Waals surface area (Å²) in [6.45, 7) is 3.03. The topological polar surface area (TPSA) is 73.2 Å². The van der Waals surface area contributed by atoms with Crippen molar-refractivity contribution in [3.8, 4) is 0 Å². The number of nitrogens with zero attached hydrogens (tertiary/aromatic N) is 2. The summed E-state index contributed by atoms with van der Waals surface area (Å²) in [7, 11) is 0. The minimum atomic E-state index is -0.375. The zero-order valence-corrected chi connectivity index (χ0v) is 15.7. The van der Waals surface area contributed by atoms with Gasteiger partial charge in [-0.15, -0.1) is 11.3 Å². The Hall–Kier alpha value is -1.99. The molecule has 1 unspecified atom stereocenters. The predicted octanol–water partition coefficient (Wildman–Crippen LogP) is 2.92. The van der Waals surface area contributed by atoms with Crippen LogP contribution in [0.5, 0.6) is 0 Å². The van der Waals surface area contributed by atoms with E-state index in [-0.39, 0.29) is 23.1 Å². The van der Waals surface area contributed by atoms with Crippen LogP contribution >= 0.6 is 11.3 Å². The van der Waals surface area contributed by atoms with Crippen molar-refractivity contribution in [2.45, 2.75) is 58.1 Å². The monoisotopic (exact) mass is 373 g/mol. The number of thiazole rings is 1. The van der Waals surface area contributed by atoms with Crippen molar-refractivity contribution in [1.29, 1.82) is 0 Å². The van der Waals surface area contributed by atoms with Gasteiger partial charge in [0.15, 0.2) is 5.13 Å². The van der Waals surface area contributed by atoms with Gasteiger partial charge in [0.1, 0.15) is 5.56 Å². The van der Waals surface area contributed by atoms with Crippen LogP contribution < -0.4 is 10.9 Å². The molecule has 26 heavy (non-hydrogen) atoms. The average Bonchev–Trinajstić information content (AvgIpc) is 3.26. The van der Waals surface area contributed by atoms with E-state index in [9.17, 15) is 9.59 Å². The van der Waals surface area contributed by atoms with Gasteiger partial charge >= 0.3 is 0 Å². The molecule has 3 heterocycles. The number of pyridine rings is 1. The van der Waals surface area contributed by atoms with Crippen LogP contribution in [0.4, 0.5) is 5.13 Å². The van der Waals surface area contributed by atoms with Crippen molar-refractivity contribution >= 4 is 22.4 Å².